The van der Waals surface area contributed by atoms with Crippen LogP contribution in [0.4, 0.5) is 0 Å². The van der Waals surface area contributed by atoms with Gasteiger partial charge in [0.2, 0.25) is 0 Å². The quantitative estimate of drug-likeness (QED) is 0.920. The molecule has 0 atom stereocenters. The Morgan fingerprint density at radius 2 is 1.83 bits per heavy atom. The molecule has 1 N–H and O–H groups in total. The lowest BCUT2D eigenvalue weighted by Crippen LogP contribution is -2.44. The van der Waals surface area contributed by atoms with Crippen LogP contribution in [0.3, 0.4) is 0 Å². The molecule has 0 bridgehead atoms. The van der Waals surface area contributed by atoms with Crippen molar-refractivity contribution in [1.82, 2.24) is 20.0 Å². The number of nitrogens with one attached hydrogen (secondary N) is 1. The summed E-state index contributed by atoms with van der Waals surface area (Å²) in [5.41, 5.74) is 1.79. The maximum atomic E-state index is 12.8. The summed E-state index contributed by atoms with van der Waals surface area (Å²) >= 11 is 0. The highest BCUT2D eigenvalue weighted by atomic mass is 35.5. The van der Waals surface area contributed by atoms with Crippen LogP contribution < -0.4 is 5.32 Å². The van der Waals surface area contributed by atoms with E-state index in [1.165, 1.54) is 18.5 Å². The summed E-state index contributed by atoms with van der Waals surface area (Å²) in [6.07, 6.45) is 4.50. The van der Waals surface area contributed by atoms with Gasteiger partial charge >= 0.3 is 0 Å². The van der Waals surface area contributed by atoms with E-state index in [0.717, 1.165) is 25.9 Å². The third kappa shape index (κ3) is 3.89. The third-order valence-electron chi connectivity index (χ3n) is 4.78. The van der Waals surface area contributed by atoms with Gasteiger partial charge in [-0.3, -0.25) is 9.48 Å². The number of carbonyl (C=O) groups is 1. The molecule has 1 saturated carbocycles. The number of piperidine rings is 1. The lowest BCUT2D eigenvalue weighted by molar-refractivity contribution is 0.0699. The van der Waals surface area contributed by atoms with Crippen LogP contribution in [0.5, 0.6) is 0 Å². The van der Waals surface area contributed by atoms with Gasteiger partial charge in [0.1, 0.15) is 0 Å². The van der Waals surface area contributed by atoms with E-state index in [1.807, 2.05) is 18.0 Å². The standard InChI is InChI=1S/C17H28N4O.ClH/c1-17(2,3)21-15(12-5-6-12)11-14(19-21)16(22)20-9-7-13(18-4)8-10-20;/h11-13,18H,5-10H2,1-4H3;1H. The molecule has 0 spiro atoms. The lowest BCUT2D eigenvalue weighted by Gasteiger charge is -2.31. The first kappa shape index (κ1) is 18.3. The SMILES string of the molecule is CNC1CCN(C(=O)c2cc(C3CC3)n(C(C)(C)C)n2)CC1.Cl. The number of nitrogens with zero attached hydrogens (tertiary/aromatic N) is 3. The second-order valence-corrected chi connectivity index (χ2v) is 7.67. The molecule has 2 fully saturated rings. The van der Waals surface area contributed by atoms with Gasteiger partial charge in [-0.05, 0) is 59.6 Å². The van der Waals surface area contributed by atoms with Crippen molar-refractivity contribution >= 4 is 18.3 Å². The van der Waals surface area contributed by atoms with Crippen molar-refractivity contribution < 1.29 is 4.79 Å². The molecule has 1 amide bonds. The normalized spacial score (nSPS) is 19.6. The van der Waals surface area contributed by atoms with Crippen LogP contribution in [0, 0.1) is 0 Å². The summed E-state index contributed by atoms with van der Waals surface area (Å²) in [7, 11) is 2.00. The van der Waals surface area contributed by atoms with E-state index >= 15 is 0 Å². The Labute approximate surface area is 145 Å². The fourth-order valence-corrected chi connectivity index (χ4v) is 3.24. The minimum Gasteiger partial charge on any atom is -0.337 e. The first-order valence-electron chi connectivity index (χ1n) is 8.47. The van der Waals surface area contributed by atoms with Crippen LogP contribution in [-0.2, 0) is 5.54 Å². The Hall–Kier alpha value is -1.07. The number of amides is 1. The van der Waals surface area contributed by atoms with Crippen molar-refractivity contribution in [2.24, 2.45) is 0 Å². The molecule has 0 aromatic carbocycles. The molecule has 5 nitrogen and oxygen atoms in total. The van der Waals surface area contributed by atoms with Gasteiger partial charge in [0.15, 0.2) is 5.69 Å². The second kappa shape index (κ2) is 6.81. The van der Waals surface area contributed by atoms with Crippen LogP contribution in [0.2, 0.25) is 0 Å². The first-order chi connectivity index (χ1) is 10.4. The van der Waals surface area contributed by atoms with Gasteiger partial charge in [0.25, 0.3) is 5.91 Å². The minimum atomic E-state index is -0.0738. The maximum Gasteiger partial charge on any atom is 0.274 e. The molecule has 1 aromatic rings. The molecule has 1 aliphatic carbocycles. The van der Waals surface area contributed by atoms with Crippen LogP contribution >= 0.6 is 12.4 Å². The van der Waals surface area contributed by atoms with Crippen LogP contribution in [-0.4, -0.2) is 46.8 Å². The van der Waals surface area contributed by atoms with Gasteiger partial charge in [0, 0.05) is 30.7 Å². The summed E-state index contributed by atoms with van der Waals surface area (Å²) < 4.78 is 2.07. The number of carbonyl (C=O) groups excluding carboxylic acids is 1. The molecule has 3 rings (SSSR count). The number of hydrogen-bond acceptors (Lipinski definition) is 3. The van der Waals surface area contributed by atoms with Crippen molar-refractivity contribution in [3.8, 4) is 0 Å². The molecule has 0 radical (unpaired) electrons. The lowest BCUT2D eigenvalue weighted by atomic mass is 10.1. The number of rotatable bonds is 3. The number of hydrogen-bond donors (Lipinski definition) is 1. The smallest absolute Gasteiger partial charge is 0.274 e. The Bertz CT molecular complexity index is 551. The summed E-state index contributed by atoms with van der Waals surface area (Å²) in [5.74, 6) is 0.697. The molecule has 2 aliphatic rings. The van der Waals surface area contributed by atoms with Gasteiger partial charge in [-0.2, -0.15) is 5.10 Å². The topological polar surface area (TPSA) is 50.2 Å². The van der Waals surface area contributed by atoms with Crippen LogP contribution in [0.15, 0.2) is 6.07 Å². The molecule has 1 saturated heterocycles. The summed E-state index contributed by atoms with van der Waals surface area (Å²) in [6, 6.07) is 2.58. The van der Waals surface area contributed by atoms with E-state index < -0.39 is 0 Å². The van der Waals surface area contributed by atoms with E-state index in [1.54, 1.807) is 0 Å². The van der Waals surface area contributed by atoms with Crippen molar-refractivity contribution in [2.45, 2.75) is 64.0 Å². The van der Waals surface area contributed by atoms with Crippen LogP contribution in [0.25, 0.3) is 0 Å². The predicted molar refractivity (Wildman–Crippen MR) is 94.4 cm³/mol. The Balaban J connectivity index is 0.00000192. The van der Waals surface area contributed by atoms with E-state index in [9.17, 15) is 4.79 Å². The van der Waals surface area contributed by atoms with Crippen LogP contribution in [0.1, 0.15) is 68.6 Å². The highest BCUT2D eigenvalue weighted by Crippen LogP contribution is 2.41. The monoisotopic (exact) mass is 340 g/mol. The van der Waals surface area contributed by atoms with Crippen molar-refractivity contribution in [2.75, 3.05) is 20.1 Å². The van der Waals surface area contributed by atoms with Gasteiger partial charge in [0.05, 0.1) is 5.54 Å². The van der Waals surface area contributed by atoms with Crippen molar-refractivity contribution in [1.29, 1.82) is 0 Å². The van der Waals surface area contributed by atoms with E-state index in [2.05, 4.69) is 35.9 Å². The summed E-state index contributed by atoms with van der Waals surface area (Å²) in [4.78, 5) is 14.7. The second-order valence-electron chi connectivity index (χ2n) is 7.67. The average molecular weight is 341 g/mol. The zero-order valence-electron chi connectivity index (χ0n) is 14.6. The number of likely N-dealkylation sites (tertiary alicyclic amines) is 1. The van der Waals surface area contributed by atoms with Crippen molar-refractivity contribution in [3.63, 3.8) is 0 Å². The predicted octanol–water partition coefficient (Wildman–Crippen LogP) is 2.76. The molecule has 130 valence electrons. The Morgan fingerprint density at radius 3 is 2.30 bits per heavy atom. The minimum absolute atomic E-state index is 0. The first-order valence-corrected chi connectivity index (χ1v) is 8.47. The third-order valence-corrected chi connectivity index (χ3v) is 4.78. The van der Waals surface area contributed by atoms with Gasteiger partial charge < -0.3 is 10.2 Å². The highest BCUT2D eigenvalue weighted by Gasteiger charge is 2.33. The van der Waals surface area contributed by atoms with E-state index in [0.29, 0.717) is 17.7 Å². The zero-order chi connectivity index (χ0) is 15.9. The van der Waals surface area contributed by atoms with Gasteiger partial charge in [-0.25, -0.2) is 0 Å². The fourth-order valence-electron chi connectivity index (χ4n) is 3.24. The van der Waals surface area contributed by atoms with E-state index in [-0.39, 0.29) is 23.9 Å². The zero-order valence-corrected chi connectivity index (χ0v) is 15.4. The Kier molecular flexibility index (Phi) is 5.41. The highest BCUT2D eigenvalue weighted by molar-refractivity contribution is 5.92. The molecule has 6 heteroatoms. The molecule has 2 heterocycles. The van der Waals surface area contributed by atoms with Gasteiger partial charge in [-0.15, -0.1) is 12.4 Å². The fraction of sp³-hybridized carbons (Fsp3) is 0.765. The average Bonchev–Trinajstić information content (AvgIpc) is 3.23. The summed E-state index contributed by atoms with van der Waals surface area (Å²) in [5, 5.41) is 7.97. The molecule has 0 unspecified atom stereocenters. The molecule has 23 heavy (non-hydrogen) atoms. The number of halogens is 1. The molecular formula is C17H29ClN4O. The number of aromatic nitrogens is 2. The largest absolute Gasteiger partial charge is 0.337 e. The van der Waals surface area contributed by atoms with Crippen molar-refractivity contribution in [3.05, 3.63) is 17.5 Å². The maximum absolute atomic E-state index is 12.8. The van der Waals surface area contributed by atoms with E-state index in [4.69, 9.17) is 0 Å². The molecular weight excluding hydrogens is 312 g/mol. The summed E-state index contributed by atoms with van der Waals surface area (Å²) in [6.45, 7) is 8.10. The Morgan fingerprint density at radius 1 is 1.22 bits per heavy atom. The molecule has 1 aliphatic heterocycles. The van der Waals surface area contributed by atoms with Gasteiger partial charge in [-0.1, -0.05) is 0 Å². The molecule has 1 aromatic heterocycles.